The molecule has 0 aliphatic rings. The number of anilines is 1. The van der Waals surface area contributed by atoms with E-state index in [4.69, 9.17) is 0 Å². The number of hydrogen-bond donors (Lipinski definition) is 1. The molecule has 0 aliphatic heterocycles. The Kier molecular flexibility index (Phi) is 15.2. The van der Waals surface area contributed by atoms with Gasteiger partial charge in [0.05, 0.1) is 0 Å². The fourth-order valence-electron chi connectivity index (χ4n) is 0.605. The van der Waals surface area contributed by atoms with Crippen molar-refractivity contribution < 1.29 is 0 Å². The molecular weight excluding hydrogens is 158 g/mol. The molecule has 1 nitrogen and oxygen atoms in total. The van der Waals surface area contributed by atoms with Crippen molar-refractivity contribution in [3.63, 3.8) is 0 Å². The number of para-hydroxylation sites is 1. The lowest BCUT2D eigenvalue weighted by molar-refractivity contribution is 1.09. The van der Waals surface area contributed by atoms with E-state index in [1.165, 1.54) is 6.42 Å². The van der Waals surface area contributed by atoms with Crippen LogP contribution >= 0.6 is 0 Å². The third-order valence-electron chi connectivity index (χ3n) is 1.06. The molecule has 0 radical (unpaired) electrons. The average molecular weight is 181 g/mol. The van der Waals surface area contributed by atoms with E-state index in [-0.39, 0.29) is 0 Å². The molecule has 0 amide bonds. The van der Waals surface area contributed by atoms with Crippen molar-refractivity contribution in [3.05, 3.63) is 30.3 Å². The van der Waals surface area contributed by atoms with Gasteiger partial charge in [0.2, 0.25) is 0 Å². The summed E-state index contributed by atoms with van der Waals surface area (Å²) < 4.78 is 0. The van der Waals surface area contributed by atoms with Crippen molar-refractivity contribution in [1.29, 1.82) is 0 Å². The van der Waals surface area contributed by atoms with Crippen LogP contribution in [-0.2, 0) is 0 Å². The van der Waals surface area contributed by atoms with Gasteiger partial charge < -0.3 is 5.32 Å². The summed E-state index contributed by atoms with van der Waals surface area (Å²) in [6.45, 7) is 8.25. The molecule has 1 aromatic rings. The standard InChI is InChI=1S/C7H9N.C3H8.C2H6/c1-8-7-5-3-2-4-6-7;1-3-2;1-2/h2-6,8H,1H3;3H2,1-2H3;1-2H3. The van der Waals surface area contributed by atoms with E-state index >= 15 is 0 Å². The number of benzene rings is 1. The van der Waals surface area contributed by atoms with Gasteiger partial charge in [0.1, 0.15) is 0 Å². The quantitative estimate of drug-likeness (QED) is 0.685. The van der Waals surface area contributed by atoms with Crippen LogP contribution in [0.5, 0.6) is 0 Å². The molecule has 1 heteroatoms. The molecule has 0 atom stereocenters. The predicted molar refractivity (Wildman–Crippen MR) is 63.3 cm³/mol. The minimum Gasteiger partial charge on any atom is -0.388 e. The molecule has 0 unspecified atom stereocenters. The second-order valence-corrected chi connectivity index (χ2v) is 2.32. The van der Waals surface area contributed by atoms with Crippen molar-refractivity contribution >= 4 is 5.69 Å². The zero-order valence-electron chi connectivity index (χ0n) is 9.59. The molecule has 0 bridgehead atoms. The number of rotatable bonds is 1. The first-order valence-corrected chi connectivity index (χ1v) is 5.07. The summed E-state index contributed by atoms with van der Waals surface area (Å²) in [7, 11) is 1.91. The Balaban J connectivity index is 0. The first-order valence-electron chi connectivity index (χ1n) is 5.07. The Morgan fingerprint density at radius 1 is 1.00 bits per heavy atom. The number of nitrogens with one attached hydrogen (secondary N) is 1. The van der Waals surface area contributed by atoms with E-state index in [1.54, 1.807) is 0 Å². The van der Waals surface area contributed by atoms with E-state index in [2.05, 4.69) is 19.2 Å². The van der Waals surface area contributed by atoms with E-state index in [0.717, 1.165) is 5.69 Å². The van der Waals surface area contributed by atoms with Crippen molar-refractivity contribution in [2.75, 3.05) is 12.4 Å². The average Bonchev–Trinajstić information content (AvgIpc) is 2.23. The highest BCUT2D eigenvalue weighted by Crippen LogP contribution is 2.01. The maximum atomic E-state index is 3.03. The minimum atomic E-state index is 1.16. The smallest absolute Gasteiger partial charge is 0.0337 e. The van der Waals surface area contributed by atoms with Gasteiger partial charge in [-0.25, -0.2) is 0 Å². The Labute approximate surface area is 83.2 Å². The zero-order valence-corrected chi connectivity index (χ0v) is 9.59. The van der Waals surface area contributed by atoms with Crippen LogP contribution in [0.25, 0.3) is 0 Å². The Morgan fingerprint density at radius 2 is 1.38 bits per heavy atom. The van der Waals surface area contributed by atoms with Crippen LogP contribution in [0.3, 0.4) is 0 Å². The second kappa shape index (κ2) is 13.6. The summed E-state index contributed by atoms with van der Waals surface area (Å²) in [6, 6.07) is 10.1. The SMILES string of the molecule is CC.CCC.CNc1ccccc1. The van der Waals surface area contributed by atoms with Crippen LogP contribution < -0.4 is 5.32 Å². The molecule has 76 valence electrons. The van der Waals surface area contributed by atoms with E-state index in [9.17, 15) is 0 Å². The molecule has 1 rings (SSSR count). The molecular formula is C12H23N. The Hall–Kier alpha value is -0.980. The fourth-order valence-corrected chi connectivity index (χ4v) is 0.605. The largest absolute Gasteiger partial charge is 0.388 e. The summed E-state index contributed by atoms with van der Waals surface area (Å²) in [5.41, 5.74) is 1.16. The maximum absolute atomic E-state index is 3.03. The van der Waals surface area contributed by atoms with E-state index in [1.807, 2.05) is 51.2 Å². The third-order valence-corrected chi connectivity index (χ3v) is 1.06. The van der Waals surface area contributed by atoms with Gasteiger partial charge in [0.25, 0.3) is 0 Å². The summed E-state index contributed by atoms with van der Waals surface area (Å²) >= 11 is 0. The minimum absolute atomic E-state index is 1.16. The molecule has 0 fully saturated rings. The van der Waals surface area contributed by atoms with Gasteiger partial charge in [-0.15, -0.1) is 0 Å². The fraction of sp³-hybridized carbons (Fsp3) is 0.500. The maximum Gasteiger partial charge on any atom is 0.0337 e. The van der Waals surface area contributed by atoms with Crippen molar-refractivity contribution in [3.8, 4) is 0 Å². The summed E-state index contributed by atoms with van der Waals surface area (Å²) in [5, 5.41) is 3.03. The van der Waals surface area contributed by atoms with Gasteiger partial charge >= 0.3 is 0 Å². The lowest BCUT2D eigenvalue weighted by Crippen LogP contribution is -1.84. The molecule has 0 aliphatic carbocycles. The molecule has 0 saturated carbocycles. The van der Waals surface area contributed by atoms with E-state index in [0.29, 0.717) is 0 Å². The Bertz CT molecular complexity index is 158. The van der Waals surface area contributed by atoms with Crippen LogP contribution in [0.2, 0.25) is 0 Å². The first-order chi connectivity index (χ1) is 6.35. The summed E-state index contributed by atoms with van der Waals surface area (Å²) in [6.07, 6.45) is 1.25. The lowest BCUT2D eigenvalue weighted by atomic mass is 10.3. The normalized spacial score (nSPS) is 7.15. The van der Waals surface area contributed by atoms with Gasteiger partial charge in [-0.2, -0.15) is 0 Å². The highest BCUT2D eigenvalue weighted by molar-refractivity contribution is 5.41. The predicted octanol–water partition coefficient (Wildman–Crippen LogP) is 4.17. The number of hydrogen-bond acceptors (Lipinski definition) is 1. The van der Waals surface area contributed by atoms with Gasteiger partial charge in [-0.05, 0) is 12.1 Å². The first kappa shape index (κ1) is 14.5. The zero-order chi connectivity index (χ0) is 10.5. The summed E-state index contributed by atoms with van der Waals surface area (Å²) in [4.78, 5) is 0. The van der Waals surface area contributed by atoms with Gasteiger partial charge in [0.15, 0.2) is 0 Å². The molecule has 0 saturated heterocycles. The van der Waals surface area contributed by atoms with Gasteiger partial charge in [0, 0.05) is 12.7 Å². The van der Waals surface area contributed by atoms with Crippen LogP contribution in [0.4, 0.5) is 5.69 Å². The monoisotopic (exact) mass is 181 g/mol. The third kappa shape index (κ3) is 11.0. The van der Waals surface area contributed by atoms with Crippen molar-refractivity contribution in [1.82, 2.24) is 0 Å². The lowest BCUT2D eigenvalue weighted by Gasteiger charge is -1.94. The second-order valence-electron chi connectivity index (χ2n) is 2.32. The molecule has 0 spiro atoms. The molecule has 0 heterocycles. The molecule has 0 aromatic heterocycles. The highest BCUT2D eigenvalue weighted by atomic mass is 14.8. The Morgan fingerprint density at radius 3 is 1.62 bits per heavy atom. The molecule has 1 aromatic carbocycles. The van der Waals surface area contributed by atoms with Crippen LogP contribution in [0.15, 0.2) is 30.3 Å². The van der Waals surface area contributed by atoms with Crippen LogP contribution in [0, 0.1) is 0 Å². The van der Waals surface area contributed by atoms with Crippen LogP contribution in [0.1, 0.15) is 34.1 Å². The van der Waals surface area contributed by atoms with E-state index < -0.39 is 0 Å². The van der Waals surface area contributed by atoms with Gasteiger partial charge in [-0.3, -0.25) is 0 Å². The van der Waals surface area contributed by atoms with Gasteiger partial charge in [-0.1, -0.05) is 52.3 Å². The van der Waals surface area contributed by atoms with Crippen molar-refractivity contribution in [2.45, 2.75) is 34.1 Å². The topological polar surface area (TPSA) is 12.0 Å². The highest BCUT2D eigenvalue weighted by Gasteiger charge is 1.77. The molecule has 13 heavy (non-hydrogen) atoms. The summed E-state index contributed by atoms with van der Waals surface area (Å²) in [5.74, 6) is 0. The molecule has 1 N–H and O–H groups in total. The van der Waals surface area contributed by atoms with Crippen LogP contribution in [-0.4, -0.2) is 7.05 Å². The van der Waals surface area contributed by atoms with Crippen molar-refractivity contribution in [2.24, 2.45) is 0 Å².